The van der Waals surface area contributed by atoms with Crippen molar-refractivity contribution < 1.29 is 4.74 Å². The Morgan fingerprint density at radius 3 is 2.43 bits per heavy atom. The maximum absolute atomic E-state index is 5.65. The van der Waals surface area contributed by atoms with Gasteiger partial charge in [0.25, 0.3) is 0 Å². The molecule has 0 aromatic carbocycles. The first-order valence-corrected chi connectivity index (χ1v) is 5.80. The number of ether oxygens (including phenoxy) is 1. The summed E-state index contributed by atoms with van der Waals surface area (Å²) in [7, 11) is 0. The predicted molar refractivity (Wildman–Crippen MR) is 60.4 cm³/mol. The van der Waals surface area contributed by atoms with Gasteiger partial charge >= 0.3 is 0 Å². The van der Waals surface area contributed by atoms with E-state index in [1.54, 1.807) is 0 Å². The molecule has 0 spiro atoms. The average Bonchev–Trinajstić information content (AvgIpc) is 2.45. The Morgan fingerprint density at radius 2 is 2.07 bits per heavy atom. The summed E-state index contributed by atoms with van der Waals surface area (Å²) in [5, 5.41) is 3.61. The SMILES string of the molecule is CCNC(C1COC(C)C1)C(C)(C)C. The predicted octanol–water partition coefficient (Wildman–Crippen LogP) is 2.44. The lowest BCUT2D eigenvalue weighted by Gasteiger charge is -2.35. The molecule has 1 heterocycles. The van der Waals surface area contributed by atoms with Crippen LogP contribution in [0.15, 0.2) is 0 Å². The van der Waals surface area contributed by atoms with Gasteiger partial charge in [0, 0.05) is 12.0 Å². The van der Waals surface area contributed by atoms with Gasteiger partial charge in [-0.05, 0) is 25.3 Å². The molecule has 0 saturated carbocycles. The second kappa shape index (κ2) is 4.63. The van der Waals surface area contributed by atoms with Crippen molar-refractivity contribution in [1.82, 2.24) is 5.32 Å². The van der Waals surface area contributed by atoms with Crippen LogP contribution in [0, 0.1) is 11.3 Å². The molecule has 1 aliphatic rings. The topological polar surface area (TPSA) is 21.3 Å². The van der Waals surface area contributed by atoms with Crippen molar-refractivity contribution in [2.45, 2.75) is 53.2 Å². The Balaban J connectivity index is 2.59. The molecule has 84 valence electrons. The molecular formula is C12H25NO. The zero-order valence-electron chi connectivity index (χ0n) is 10.3. The highest BCUT2D eigenvalue weighted by atomic mass is 16.5. The summed E-state index contributed by atoms with van der Waals surface area (Å²) < 4.78 is 5.65. The van der Waals surface area contributed by atoms with Crippen molar-refractivity contribution in [1.29, 1.82) is 0 Å². The van der Waals surface area contributed by atoms with E-state index in [2.05, 4.69) is 39.9 Å². The number of hydrogen-bond acceptors (Lipinski definition) is 2. The van der Waals surface area contributed by atoms with Crippen LogP contribution in [0.1, 0.15) is 41.0 Å². The van der Waals surface area contributed by atoms with Gasteiger partial charge in [0.1, 0.15) is 0 Å². The number of rotatable bonds is 3. The van der Waals surface area contributed by atoms with Crippen molar-refractivity contribution in [2.75, 3.05) is 13.2 Å². The summed E-state index contributed by atoms with van der Waals surface area (Å²) >= 11 is 0. The van der Waals surface area contributed by atoms with E-state index in [0.29, 0.717) is 23.5 Å². The second-order valence-corrected chi connectivity index (χ2v) is 5.54. The van der Waals surface area contributed by atoms with E-state index in [4.69, 9.17) is 4.74 Å². The molecule has 3 unspecified atom stereocenters. The van der Waals surface area contributed by atoms with E-state index < -0.39 is 0 Å². The smallest absolute Gasteiger partial charge is 0.0551 e. The zero-order valence-corrected chi connectivity index (χ0v) is 10.3. The second-order valence-electron chi connectivity index (χ2n) is 5.54. The van der Waals surface area contributed by atoms with Gasteiger partial charge in [0.15, 0.2) is 0 Å². The van der Waals surface area contributed by atoms with E-state index in [1.165, 1.54) is 6.42 Å². The first-order valence-electron chi connectivity index (χ1n) is 5.80. The summed E-state index contributed by atoms with van der Waals surface area (Å²) in [4.78, 5) is 0. The molecule has 0 aromatic rings. The maximum Gasteiger partial charge on any atom is 0.0551 e. The third kappa shape index (κ3) is 2.96. The third-order valence-electron chi connectivity index (χ3n) is 3.06. The summed E-state index contributed by atoms with van der Waals surface area (Å²) in [5.74, 6) is 0.685. The molecule has 1 saturated heterocycles. The largest absolute Gasteiger partial charge is 0.378 e. The summed E-state index contributed by atoms with van der Waals surface area (Å²) in [6, 6.07) is 0.581. The molecule has 1 N–H and O–H groups in total. The van der Waals surface area contributed by atoms with Gasteiger partial charge in [-0.3, -0.25) is 0 Å². The van der Waals surface area contributed by atoms with E-state index in [9.17, 15) is 0 Å². The fourth-order valence-electron chi connectivity index (χ4n) is 2.48. The van der Waals surface area contributed by atoms with Crippen LogP contribution < -0.4 is 5.32 Å². The highest BCUT2D eigenvalue weighted by molar-refractivity contribution is 4.89. The lowest BCUT2D eigenvalue weighted by Crippen LogP contribution is -2.46. The lowest BCUT2D eigenvalue weighted by atomic mass is 9.78. The summed E-state index contributed by atoms with van der Waals surface area (Å²) in [5.41, 5.74) is 0.327. The van der Waals surface area contributed by atoms with Crippen LogP contribution in [0.25, 0.3) is 0 Å². The van der Waals surface area contributed by atoms with E-state index in [0.717, 1.165) is 13.2 Å². The highest BCUT2D eigenvalue weighted by Gasteiger charge is 2.35. The monoisotopic (exact) mass is 199 g/mol. The minimum atomic E-state index is 0.327. The molecule has 0 aliphatic carbocycles. The quantitative estimate of drug-likeness (QED) is 0.754. The Kier molecular flexibility index (Phi) is 3.96. The van der Waals surface area contributed by atoms with Gasteiger partial charge in [-0.2, -0.15) is 0 Å². The van der Waals surface area contributed by atoms with Crippen molar-refractivity contribution in [3.05, 3.63) is 0 Å². The molecule has 0 aromatic heterocycles. The van der Waals surface area contributed by atoms with E-state index >= 15 is 0 Å². The van der Waals surface area contributed by atoms with Crippen molar-refractivity contribution >= 4 is 0 Å². The zero-order chi connectivity index (χ0) is 10.8. The van der Waals surface area contributed by atoms with Crippen molar-refractivity contribution in [3.8, 4) is 0 Å². The van der Waals surface area contributed by atoms with E-state index in [1.807, 2.05) is 0 Å². The average molecular weight is 199 g/mol. The summed E-state index contributed by atoms with van der Waals surface area (Å²) in [6.07, 6.45) is 1.65. The minimum absolute atomic E-state index is 0.327. The third-order valence-corrected chi connectivity index (χ3v) is 3.06. The van der Waals surface area contributed by atoms with Crippen LogP contribution in [-0.4, -0.2) is 25.3 Å². The van der Waals surface area contributed by atoms with Gasteiger partial charge in [-0.15, -0.1) is 0 Å². The van der Waals surface area contributed by atoms with E-state index in [-0.39, 0.29) is 0 Å². The molecule has 1 fully saturated rings. The molecule has 2 heteroatoms. The van der Waals surface area contributed by atoms with Crippen molar-refractivity contribution in [2.24, 2.45) is 11.3 Å². The van der Waals surface area contributed by atoms with Gasteiger partial charge in [-0.25, -0.2) is 0 Å². The van der Waals surface area contributed by atoms with Gasteiger partial charge in [0.2, 0.25) is 0 Å². The van der Waals surface area contributed by atoms with Gasteiger partial charge in [-0.1, -0.05) is 27.7 Å². The van der Waals surface area contributed by atoms with Crippen LogP contribution in [0.5, 0.6) is 0 Å². The molecule has 1 rings (SSSR count). The van der Waals surface area contributed by atoms with Gasteiger partial charge < -0.3 is 10.1 Å². The first kappa shape index (κ1) is 12.0. The van der Waals surface area contributed by atoms with Gasteiger partial charge in [0.05, 0.1) is 12.7 Å². The molecule has 2 nitrogen and oxygen atoms in total. The van der Waals surface area contributed by atoms with Crippen LogP contribution in [0.3, 0.4) is 0 Å². The normalized spacial score (nSPS) is 30.6. The van der Waals surface area contributed by atoms with Crippen LogP contribution >= 0.6 is 0 Å². The molecule has 0 amide bonds. The summed E-state index contributed by atoms with van der Waals surface area (Å²) in [6.45, 7) is 13.3. The van der Waals surface area contributed by atoms with Crippen molar-refractivity contribution in [3.63, 3.8) is 0 Å². The Morgan fingerprint density at radius 1 is 1.43 bits per heavy atom. The van der Waals surface area contributed by atoms with Crippen LogP contribution in [0.2, 0.25) is 0 Å². The fraction of sp³-hybridized carbons (Fsp3) is 1.00. The maximum atomic E-state index is 5.65. The Hall–Kier alpha value is -0.0800. The number of hydrogen-bond donors (Lipinski definition) is 1. The minimum Gasteiger partial charge on any atom is -0.378 e. The molecule has 0 bridgehead atoms. The number of nitrogens with one attached hydrogen (secondary N) is 1. The first-order chi connectivity index (χ1) is 6.45. The van der Waals surface area contributed by atoms with Crippen LogP contribution in [0.4, 0.5) is 0 Å². The van der Waals surface area contributed by atoms with Crippen LogP contribution in [-0.2, 0) is 4.74 Å². The molecular weight excluding hydrogens is 174 g/mol. The molecule has 14 heavy (non-hydrogen) atoms. The lowest BCUT2D eigenvalue weighted by molar-refractivity contribution is 0.108. The molecule has 0 radical (unpaired) electrons. The molecule has 3 atom stereocenters. The standard InChI is InChI=1S/C12H25NO/c1-6-13-11(12(3,4)5)10-7-9(2)14-8-10/h9-11,13H,6-8H2,1-5H3. The Bertz CT molecular complexity index is 174. The Labute approximate surface area is 88.4 Å². The molecule has 1 aliphatic heterocycles. The fourth-order valence-corrected chi connectivity index (χ4v) is 2.48. The highest BCUT2D eigenvalue weighted by Crippen LogP contribution is 2.32.